The van der Waals surface area contributed by atoms with Gasteiger partial charge in [0.25, 0.3) is 5.56 Å². The average molecular weight is 325 g/mol. The van der Waals surface area contributed by atoms with Gasteiger partial charge in [0.1, 0.15) is 6.54 Å². The molecule has 0 bridgehead atoms. The summed E-state index contributed by atoms with van der Waals surface area (Å²) >= 11 is 0. The normalized spacial score (nSPS) is 23.9. The van der Waals surface area contributed by atoms with Crippen molar-refractivity contribution in [3.05, 3.63) is 40.9 Å². The number of carbonyl (C=O) groups excluding carboxylic acids is 1. The van der Waals surface area contributed by atoms with E-state index in [-0.39, 0.29) is 18.0 Å². The van der Waals surface area contributed by atoms with Crippen LogP contribution in [0, 0.1) is 11.8 Å². The second-order valence-corrected chi connectivity index (χ2v) is 7.13. The number of rotatable bonds is 2. The molecule has 1 aromatic carbocycles. The third-order valence-corrected chi connectivity index (χ3v) is 5.68. The van der Waals surface area contributed by atoms with Crippen LogP contribution in [-0.4, -0.2) is 33.4 Å². The monoisotopic (exact) mass is 325 g/mol. The van der Waals surface area contributed by atoms with Gasteiger partial charge in [-0.15, -0.1) is 0 Å². The van der Waals surface area contributed by atoms with Crippen LogP contribution in [0.4, 0.5) is 0 Å². The second kappa shape index (κ2) is 6.38. The van der Waals surface area contributed by atoms with Crippen molar-refractivity contribution >= 4 is 16.8 Å². The molecule has 2 aromatic rings. The third kappa shape index (κ3) is 2.83. The molecule has 24 heavy (non-hydrogen) atoms. The molecule has 0 radical (unpaired) electrons. The summed E-state index contributed by atoms with van der Waals surface area (Å²) in [5, 5.41) is 0.568. The van der Waals surface area contributed by atoms with E-state index in [1.807, 2.05) is 23.1 Å². The highest BCUT2D eigenvalue weighted by Crippen LogP contribution is 2.36. The van der Waals surface area contributed by atoms with E-state index in [1.165, 1.54) is 36.6 Å². The third-order valence-electron chi connectivity index (χ3n) is 5.68. The molecule has 2 heterocycles. The number of benzene rings is 1. The Morgan fingerprint density at radius 3 is 2.79 bits per heavy atom. The maximum absolute atomic E-state index is 12.7. The van der Waals surface area contributed by atoms with Crippen LogP contribution in [0.1, 0.15) is 32.1 Å². The molecule has 2 aliphatic rings. The number of para-hydroxylation sites is 1. The highest BCUT2D eigenvalue weighted by Gasteiger charge is 2.32. The molecule has 4 rings (SSSR count). The molecule has 1 saturated carbocycles. The zero-order chi connectivity index (χ0) is 16.5. The van der Waals surface area contributed by atoms with E-state index in [9.17, 15) is 9.59 Å². The summed E-state index contributed by atoms with van der Waals surface area (Å²) in [5.41, 5.74) is 0.538. The van der Waals surface area contributed by atoms with E-state index in [4.69, 9.17) is 0 Å². The second-order valence-electron chi connectivity index (χ2n) is 7.13. The van der Waals surface area contributed by atoms with Gasteiger partial charge in [0.15, 0.2) is 0 Å². The van der Waals surface area contributed by atoms with Crippen molar-refractivity contribution in [1.82, 2.24) is 14.5 Å². The summed E-state index contributed by atoms with van der Waals surface area (Å²) in [5.74, 6) is 1.49. The summed E-state index contributed by atoms with van der Waals surface area (Å²) < 4.78 is 1.44. The Labute approximate surface area is 141 Å². The molecular formula is C19H23N3O2. The van der Waals surface area contributed by atoms with Gasteiger partial charge in [0.2, 0.25) is 5.91 Å². The molecule has 2 atom stereocenters. The molecule has 1 aromatic heterocycles. The van der Waals surface area contributed by atoms with Crippen molar-refractivity contribution in [2.45, 2.75) is 38.6 Å². The van der Waals surface area contributed by atoms with Gasteiger partial charge in [0.05, 0.1) is 17.2 Å². The van der Waals surface area contributed by atoms with Gasteiger partial charge in [0, 0.05) is 13.1 Å². The average Bonchev–Trinajstić information content (AvgIpc) is 2.64. The van der Waals surface area contributed by atoms with Crippen LogP contribution in [-0.2, 0) is 11.3 Å². The quantitative estimate of drug-likeness (QED) is 0.852. The zero-order valence-corrected chi connectivity index (χ0v) is 13.9. The van der Waals surface area contributed by atoms with Crippen molar-refractivity contribution < 1.29 is 4.79 Å². The van der Waals surface area contributed by atoms with Gasteiger partial charge in [-0.3, -0.25) is 14.2 Å². The fourth-order valence-corrected chi connectivity index (χ4v) is 4.29. The molecule has 126 valence electrons. The number of carbonyl (C=O) groups is 1. The van der Waals surface area contributed by atoms with Crippen molar-refractivity contribution in [1.29, 1.82) is 0 Å². The first-order chi connectivity index (χ1) is 11.7. The lowest BCUT2D eigenvalue weighted by molar-refractivity contribution is -0.135. The first kappa shape index (κ1) is 15.4. The van der Waals surface area contributed by atoms with E-state index >= 15 is 0 Å². The zero-order valence-electron chi connectivity index (χ0n) is 13.9. The fraction of sp³-hybridized carbons (Fsp3) is 0.526. The molecule has 2 fully saturated rings. The SMILES string of the molecule is O=C(Cn1cnc2ccccc2c1=O)N1CC[C@H]2CCCC[C@@H]2C1. The fourth-order valence-electron chi connectivity index (χ4n) is 4.29. The first-order valence-electron chi connectivity index (χ1n) is 8.94. The molecule has 0 N–H and O–H groups in total. The Bertz CT molecular complexity index is 814. The molecule has 1 aliphatic heterocycles. The van der Waals surface area contributed by atoms with Crippen LogP contribution in [0.2, 0.25) is 0 Å². The van der Waals surface area contributed by atoms with E-state index in [2.05, 4.69) is 4.98 Å². The van der Waals surface area contributed by atoms with Gasteiger partial charge in [-0.1, -0.05) is 31.4 Å². The Kier molecular flexibility index (Phi) is 4.08. The highest BCUT2D eigenvalue weighted by atomic mass is 16.2. The number of aromatic nitrogens is 2. The molecule has 0 spiro atoms. The lowest BCUT2D eigenvalue weighted by atomic mass is 9.75. The maximum Gasteiger partial charge on any atom is 0.261 e. The summed E-state index contributed by atoms with van der Waals surface area (Å²) in [6, 6.07) is 7.26. The minimum atomic E-state index is -0.137. The molecule has 1 saturated heterocycles. The van der Waals surface area contributed by atoms with Gasteiger partial charge >= 0.3 is 0 Å². The number of amides is 1. The van der Waals surface area contributed by atoms with Crippen LogP contribution >= 0.6 is 0 Å². The van der Waals surface area contributed by atoms with Crippen LogP contribution in [0.5, 0.6) is 0 Å². The number of hydrogen-bond acceptors (Lipinski definition) is 3. The molecule has 0 unspecified atom stereocenters. The maximum atomic E-state index is 12.7. The van der Waals surface area contributed by atoms with Gasteiger partial charge in [-0.05, 0) is 36.8 Å². The van der Waals surface area contributed by atoms with Crippen LogP contribution in [0.15, 0.2) is 35.4 Å². The number of piperidine rings is 1. The minimum Gasteiger partial charge on any atom is -0.341 e. The van der Waals surface area contributed by atoms with Crippen molar-refractivity contribution in [3.63, 3.8) is 0 Å². The minimum absolute atomic E-state index is 0.0400. The van der Waals surface area contributed by atoms with Gasteiger partial charge in [-0.25, -0.2) is 4.98 Å². The number of hydrogen-bond donors (Lipinski definition) is 0. The Balaban J connectivity index is 1.50. The standard InChI is InChI=1S/C19H23N3O2/c23-18(21-10-9-14-5-1-2-6-15(14)11-21)12-22-13-20-17-8-4-3-7-16(17)19(22)24/h3-4,7-8,13-15H,1-2,5-6,9-12H2/t14-,15-/m1/s1. The van der Waals surface area contributed by atoms with E-state index < -0.39 is 0 Å². The van der Waals surface area contributed by atoms with E-state index in [0.29, 0.717) is 16.8 Å². The predicted molar refractivity (Wildman–Crippen MR) is 92.6 cm³/mol. The van der Waals surface area contributed by atoms with Crippen LogP contribution in [0.3, 0.4) is 0 Å². The van der Waals surface area contributed by atoms with Crippen LogP contribution < -0.4 is 5.56 Å². The Morgan fingerprint density at radius 1 is 1.12 bits per heavy atom. The summed E-state index contributed by atoms with van der Waals surface area (Å²) in [4.78, 5) is 31.4. The Hall–Kier alpha value is -2.17. The largest absolute Gasteiger partial charge is 0.341 e. The predicted octanol–water partition coefficient (Wildman–Crippen LogP) is 2.44. The lowest BCUT2D eigenvalue weighted by Gasteiger charge is -2.41. The number of fused-ring (bicyclic) bond motifs is 2. The topological polar surface area (TPSA) is 55.2 Å². The Morgan fingerprint density at radius 2 is 1.92 bits per heavy atom. The van der Waals surface area contributed by atoms with E-state index in [0.717, 1.165) is 25.4 Å². The summed E-state index contributed by atoms with van der Waals surface area (Å²) in [6.07, 6.45) is 7.80. The molecular weight excluding hydrogens is 302 g/mol. The van der Waals surface area contributed by atoms with Crippen molar-refractivity contribution in [3.8, 4) is 0 Å². The summed E-state index contributed by atoms with van der Waals surface area (Å²) in [6.45, 7) is 1.78. The van der Waals surface area contributed by atoms with E-state index in [1.54, 1.807) is 6.07 Å². The van der Waals surface area contributed by atoms with Gasteiger partial charge < -0.3 is 4.90 Å². The van der Waals surface area contributed by atoms with Crippen molar-refractivity contribution in [2.75, 3.05) is 13.1 Å². The van der Waals surface area contributed by atoms with Gasteiger partial charge in [-0.2, -0.15) is 0 Å². The van der Waals surface area contributed by atoms with Crippen molar-refractivity contribution in [2.24, 2.45) is 11.8 Å². The highest BCUT2D eigenvalue weighted by molar-refractivity contribution is 5.79. The molecule has 5 heteroatoms. The molecule has 5 nitrogen and oxygen atoms in total. The number of nitrogens with zero attached hydrogens (tertiary/aromatic N) is 3. The smallest absolute Gasteiger partial charge is 0.261 e. The number of likely N-dealkylation sites (tertiary alicyclic amines) is 1. The van der Waals surface area contributed by atoms with Crippen LogP contribution in [0.25, 0.3) is 10.9 Å². The first-order valence-corrected chi connectivity index (χ1v) is 8.94. The lowest BCUT2D eigenvalue weighted by Crippen LogP contribution is -2.46. The molecule has 1 amide bonds. The summed E-state index contributed by atoms with van der Waals surface area (Å²) in [7, 11) is 0. The molecule has 1 aliphatic carbocycles.